The molecule has 0 aliphatic rings. The number of methoxy groups -OCH3 is 1. The Bertz CT molecular complexity index is 663. The molecule has 4 heteroatoms. The van der Waals surface area contributed by atoms with E-state index in [1.54, 1.807) is 30.6 Å². The van der Waals surface area contributed by atoms with Gasteiger partial charge in [-0.1, -0.05) is 12.1 Å². The van der Waals surface area contributed by atoms with Crippen molar-refractivity contribution in [3.05, 3.63) is 65.0 Å². The monoisotopic (exact) mass is 283 g/mol. The van der Waals surface area contributed by atoms with Crippen LogP contribution in [0, 0.1) is 6.92 Å². The molecule has 2 rings (SSSR count). The van der Waals surface area contributed by atoms with E-state index in [1.165, 1.54) is 13.2 Å². The molecular weight excluding hydrogens is 266 g/mol. The number of aryl methyl sites for hydroxylation is 1. The lowest BCUT2D eigenvalue weighted by Crippen LogP contribution is -2.03. The van der Waals surface area contributed by atoms with Crippen LogP contribution in [0.3, 0.4) is 0 Å². The van der Waals surface area contributed by atoms with Crippen LogP contribution >= 0.6 is 0 Å². The van der Waals surface area contributed by atoms with Crippen molar-refractivity contribution in [3.63, 3.8) is 0 Å². The van der Waals surface area contributed by atoms with E-state index >= 15 is 0 Å². The number of ketones is 1. The Balaban J connectivity index is 2.33. The molecule has 108 valence electrons. The Kier molecular flexibility index (Phi) is 4.85. The Morgan fingerprint density at radius 2 is 2.24 bits per heavy atom. The van der Waals surface area contributed by atoms with Crippen molar-refractivity contribution < 1.29 is 14.6 Å². The second-order valence-corrected chi connectivity index (χ2v) is 4.63. The van der Waals surface area contributed by atoms with Crippen molar-refractivity contribution >= 4 is 11.9 Å². The number of allylic oxidation sites excluding steroid dienone is 1. The molecule has 0 aliphatic heterocycles. The van der Waals surface area contributed by atoms with Crippen LogP contribution < -0.4 is 4.74 Å². The first kappa shape index (κ1) is 14.9. The van der Waals surface area contributed by atoms with Crippen molar-refractivity contribution in [1.29, 1.82) is 0 Å². The predicted molar refractivity (Wildman–Crippen MR) is 81.3 cm³/mol. The maximum atomic E-state index is 12.4. The Morgan fingerprint density at radius 3 is 2.86 bits per heavy atom. The van der Waals surface area contributed by atoms with E-state index in [1.807, 2.05) is 19.1 Å². The number of carbonyl (C=O) groups is 1. The van der Waals surface area contributed by atoms with Gasteiger partial charge in [-0.3, -0.25) is 9.78 Å². The molecule has 0 radical (unpaired) electrons. The molecule has 0 unspecified atom stereocenters. The number of hydrogen-bond acceptors (Lipinski definition) is 4. The third-order valence-electron chi connectivity index (χ3n) is 3.12. The first-order valence-electron chi connectivity index (χ1n) is 6.56. The number of aliphatic hydroxyl groups is 1. The van der Waals surface area contributed by atoms with Crippen LogP contribution in [-0.2, 0) is 6.61 Å². The molecule has 2 aromatic rings. The molecule has 1 aromatic heterocycles. The largest absolute Gasteiger partial charge is 0.496 e. The number of aromatic nitrogens is 1. The standard InChI is InChI=1S/C17H17NO3/c1-12-8-14(11-19)9-16(21-2)17(12)15(20)6-5-13-4-3-7-18-10-13/h3-10,19H,11H2,1-2H3/b6-5+. The summed E-state index contributed by atoms with van der Waals surface area (Å²) in [4.78, 5) is 16.4. The van der Waals surface area contributed by atoms with Crippen molar-refractivity contribution in [2.24, 2.45) is 0 Å². The molecule has 4 nitrogen and oxygen atoms in total. The number of ether oxygens (including phenoxy) is 1. The highest BCUT2D eigenvalue weighted by molar-refractivity contribution is 6.09. The van der Waals surface area contributed by atoms with E-state index in [9.17, 15) is 9.90 Å². The number of aliphatic hydroxyl groups excluding tert-OH is 1. The van der Waals surface area contributed by atoms with E-state index < -0.39 is 0 Å². The topological polar surface area (TPSA) is 59.4 Å². The van der Waals surface area contributed by atoms with E-state index in [0.29, 0.717) is 11.3 Å². The lowest BCUT2D eigenvalue weighted by molar-refractivity contribution is 0.104. The summed E-state index contributed by atoms with van der Waals surface area (Å²) in [5.41, 5.74) is 2.86. The number of carbonyl (C=O) groups excluding carboxylic acids is 1. The second kappa shape index (κ2) is 6.81. The van der Waals surface area contributed by atoms with Gasteiger partial charge in [0.05, 0.1) is 19.3 Å². The van der Waals surface area contributed by atoms with Gasteiger partial charge in [-0.15, -0.1) is 0 Å². The molecule has 0 bridgehead atoms. The van der Waals surface area contributed by atoms with Crippen LogP contribution in [0.25, 0.3) is 6.08 Å². The van der Waals surface area contributed by atoms with Crippen LogP contribution in [0.1, 0.15) is 27.0 Å². The van der Waals surface area contributed by atoms with Crippen LogP contribution in [0.15, 0.2) is 42.7 Å². The number of nitrogens with zero attached hydrogens (tertiary/aromatic N) is 1. The van der Waals surface area contributed by atoms with Crippen molar-refractivity contribution in [1.82, 2.24) is 4.98 Å². The minimum Gasteiger partial charge on any atom is -0.496 e. The Morgan fingerprint density at radius 1 is 1.43 bits per heavy atom. The summed E-state index contributed by atoms with van der Waals surface area (Å²) in [6.07, 6.45) is 6.58. The summed E-state index contributed by atoms with van der Waals surface area (Å²) < 4.78 is 5.26. The molecule has 1 heterocycles. The zero-order valence-electron chi connectivity index (χ0n) is 12.0. The quantitative estimate of drug-likeness (QED) is 0.677. The third-order valence-corrected chi connectivity index (χ3v) is 3.12. The third kappa shape index (κ3) is 3.55. The van der Waals surface area contributed by atoms with Gasteiger partial charge in [0.2, 0.25) is 0 Å². The fourth-order valence-electron chi connectivity index (χ4n) is 2.12. The average molecular weight is 283 g/mol. The summed E-state index contributed by atoms with van der Waals surface area (Å²) >= 11 is 0. The highest BCUT2D eigenvalue weighted by atomic mass is 16.5. The van der Waals surface area contributed by atoms with Crippen molar-refractivity contribution in [2.75, 3.05) is 7.11 Å². The zero-order valence-corrected chi connectivity index (χ0v) is 12.0. The molecule has 0 aliphatic carbocycles. The summed E-state index contributed by atoms with van der Waals surface area (Å²) in [6.45, 7) is 1.74. The van der Waals surface area contributed by atoms with Gasteiger partial charge in [0.25, 0.3) is 0 Å². The van der Waals surface area contributed by atoms with E-state index in [2.05, 4.69) is 4.98 Å². The minimum atomic E-state index is -0.141. The predicted octanol–water partition coefficient (Wildman–Crippen LogP) is 2.79. The van der Waals surface area contributed by atoms with Gasteiger partial charge in [-0.05, 0) is 47.9 Å². The van der Waals surface area contributed by atoms with Gasteiger partial charge < -0.3 is 9.84 Å². The summed E-state index contributed by atoms with van der Waals surface area (Å²) in [7, 11) is 1.51. The van der Waals surface area contributed by atoms with Gasteiger partial charge in [-0.2, -0.15) is 0 Å². The molecular formula is C17H17NO3. The molecule has 1 N–H and O–H groups in total. The molecule has 0 atom stereocenters. The van der Waals surface area contributed by atoms with E-state index in [4.69, 9.17) is 4.74 Å². The average Bonchev–Trinajstić information content (AvgIpc) is 2.52. The zero-order chi connectivity index (χ0) is 15.2. The first-order chi connectivity index (χ1) is 10.2. The van der Waals surface area contributed by atoms with Gasteiger partial charge in [0.15, 0.2) is 5.78 Å². The fraction of sp³-hybridized carbons (Fsp3) is 0.176. The van der Waals surface area contributed by atoms with Gasteiger partial charge in [0, 0.05) is 12.4 Å². The van der Waals surface area contributed by atoms with Gasteiger partial charge >= 0.3 is 0 Å². The van der Waals surface area contributed by atoms with Gasteiger partial charge in [-0.25, -0.2) is 0 Å². The van der Waals surface area contributed by atoms with Crippen molar-refractivity contribution in [3.8, 4) is 5.75 Å². The highest BCUT2D eigenvalue weighted by Crippen LogP contribution is 2.25. The first-order valence-corrected chi connectivity index (χ1v) is 6.56. The Hall–Kier alpha value is -2.46. The van der Waals surface area contributed by atoms with Crippen molar-refractivity contribution in [2.45, 2.75) is 13.5 Å². The molecule has 21 heavy (non-hydrogen) atoms. The fourth-order valence-corrected chi connectivity index (χ4v) is 2.12. The molecule has 0 fully saturated rings. The summed E-state index contributed by atoms with van der Waals surface area (Å²) in [5.74, 6) is 0.331. The highest BCUT2D eigenvalue weighted by Gasteiger charge is 2.14. The molecule has 0 amide bonds. The number of rotatable bonds is 5. The maximum Gasteiger partial charge on any atom is 0.189 e. The number of benzene rings is 1. The number of hydrogen-bond donors (Lipinski definition) is 1. The lowest BCUT2D eigenvalue weighted by atomic mass is 9.99. The van der Waals surface area contributed by atoms with Gasteiger partial charge in [0.1, 0.15) is 5.75 Å². The van der Waals surface area contributed by atoms with E-state index in [-0.39, 0.29) is 12.4 Å². The minimum absolute atomic E-state index is 0.0861. The number of pyridine rings is 1. The molecule has 0 spiro atoms. The smallest absolute Gasteiger partial charge is 0.189 e. The van der Waals surface area contributed by atoms with Crippen LogP contribution in [0.2, 0.25) is 0 Å². The Labute approximate surface area is 123 Å². The second-order valence-electron chi connectivity index (χ2n) is 4.63. The summed E-state index contributed by atoms with van der Waals surface area (Å²) in [6, 6.07) is 7.15. The van der Waals surface area contributed by atoms with Crippen LogP contribution in [0.5, 0.6) is 5.75 Å². The maximum absolute atomic E-state index is 12.4. The molecule has 0 saturated heterocycles. The lowest BCUT2D eigenvalue weighted by Gasteiger charge is -2.11. The molecule has 0 saturated carbocycles. The van der Waals surface area contributed by atoms with E-state index in [0.717, 1.165) is 16.7 Å². The summed E-state index contributed by atoms with van der Waals surface area (Å²) in [5, 5.41) is 9.20. The van der Waals surface area contributed by atoms with Crippen LogP contribution in [-0.4, -0.2) is 23.0 Å². The van der Waals surface area contributed by atoms with Crippen LogP contribution in [0.4, 0.5) is 0 Å². The normalized spacial score (nSPS) is 10.8. The SMILES string of the molecule is COc1cc(CO)cc(C)c1C(=O)/C=C/c1cccnc1. The molecule has 1 aromatic carbocycles.